The molecule has 2 aromatic carbocycles. The molecule has 0 aliphatic heterocycles. The van der Waals surface area contributed by atoms with Crippen LogP contribution >= 0.6 is 0 Å². The van der Waals surface area contributed by atoms with Crippen LogP contribution < -0.4 is 15.0 Å². The molecule has 0 fully saturated rings. The summed E-state index contributed by atoms with van der Waals surface area (Å²) in [5, 5.41) is 12.1. The average Bonchev–Trinajstić information content (AvgIpc) is 3.37. The van der Waals surface area contributed by atoms with E-state index < -0.39 is 0 Å². The summed E-state index contributed by atoms with van der Waals surface area (Å²) in [4.78, 5) is 24.8. The zero-order valence-electron chi connectivity index (χ0n) is 21.5. The first kappa shape index (κ1) is 24.7. The Morgan fingerprint density at radius 3 is 2.76 bits per heavy atom. The van der Waals surface area contributed by atoms with E-state index in [1.165, 1.54) is 11.2 Å². The van der Waals surface area contributed by atoms with E-state index in [4.69, 9.17) is 4.74 Å². The van der Waals surface area contributed by atoms with Crippen LogP contribution in [0.4, 0.5) is 17.2 Å². The summed E-state index contributed by atoms with van der Waals surface area (Å²) in [5.74, 6) is 7.30. The SMILES string of the molecule is Cc1cc(Nc2ncnc3ccc(N(C)C(=O)C#CCN(C)C)cc23)ccc1Oc1ccn2cnnc2c1. The molecule has 0 aliphatic carbocycles. The Balaban J connectivity index is 1.36. The zero-order chi connectivity index (χ0) is 26.6. The molecule has 38 heavy (non-hydrogen) atoms. The second-order valence-electron chi connectivity index (χ2n) is 8.99. The van der Waals surface area contributed by atoms with Crippen molar-refractivity contribution in [2.45, 2.75) is 6.92 Å². The molecule has 0 atom stereocenters. The highest BCUT2D eigenvalue weighted by Gasteiger charge is 2.12. The van der Waals surface area contributed by atoms with Crippen molar-refractivity contribution in [3.63, 3.8) is 0 Å². The van der Waals surface area contributed by atoms with Gasteiger partial charge in [-0.05, 0) is 75.0 Å². The predicted molar refractivity (Wildman–Crippen MR) is 147 cm³/mol. The standard InChI is InChI=1S/C28H26N8O2/c1-19-14-20(7-10-25(19)38-22-11-13-36-18-31-33-26(36)16-22)32-28-23-15-21(8-9-24(23)29-17-30-28)35(4)27(37)6-5-12-34(2)3/h7-11,13-18H,12H2,1-4H3,(H,29,30,32). The van der Waals surface area contributed by atoms with Crippen molar-refractivity contribution in [2.24, 2.45) is 0 Å². The van der Waals surface area contributed by atoms with Gasteiger partial charge in [-0.15, -0.1) is 10.2 Å². The molecule has 3 aromatic heterocycles. The largest absolute Gasteiger partial charge is 0.457 e. The van der Waals surface area contributed by atoms with Gasteiger partial charge in [-0.2, -0.15) is 0 Å². The van der Waals surface area contributed by atoms with Gasteiger partial charge in [-0.25, -0.2) is 9.97 Å². The maximum absolute atomic E-state index is 12.6. The number of hydrogen-bond acceptors (Lipinski definition) is 8. The number of pyridine rings is 1. The topological polar surface area (TPSA) is 101 Å². The van der Waals surface area contributed by atoms with Crippen LogP contribution in [0.3, 0.4) is 0 Å². The maximum Gasteiger partial charge on any atom is 0.302 e. The molecule has 5 aromatic rings. The van der Waals surface area contributed by atoms with Crippen molar-refractivity contribution in [3.05, 3.63) is 72.9 Å². The maximum atomic E-state index is 12.6. The smallest absolute Gasteiger partial charge is 0.302 e. The van der Waals surface area contributed by atoms with E-state index >= 15 is 0 Å². The summed E-state index contributed by atoms with van der Waals surface area (Å²) in [5.41, 5.74) is 3.95. The number of nitrogens with one attached hydrogen (secondary N) is 1. The molecule has 1 N–H and O–H groups in total. The minimum Gasteiger partial charge on any atom is -0.457 e. The molecule has 1 amide bonds. The molecule has 5 rings (SSSR count). The lowest BCUT2D eigenvalue weighted by Crippen LogP contribution is -2.24. The number of aryl methyl sites for hydroxylation is 1. The average molecular weight is 507 g/mol. The van der Waals surface area contributed by atoms with Gasteiger partial charge in [0, 0.05) is 36.1 Å². The Labute approximate surface area is 219 Å². The summed E-state index contributed by atoms with van der Waals surface area (Å²) in [6, 6.07) is 15.1. The van der Waals surface area contributed by atoms with Crippen molar-refractivity contribution in [2.75, 3.05) is 37.9 Å². The van der Waals surface area contributed by atoms with E-state index in [1.54, 1.807) is 13.4 Å². The molecule has 10 heteroatoms. The number of carbonyl (C=O) groups is 1. The molecular formula is C28H26N8O2. The van der Waals surface area contributed by atoms with E-state index in [-0.39, 0.29) is 5.91 Å². The lowest BCUT2D eigenvalue weighted by molar-refractivity contribution is -0.113. The third kappa shape index (κ3) is 5.38. The molecule has 0 aliphatic rings. The molecule has 0 saturated carbocycles. The van der Waals surface area contributed by atoms with Crippen LogP contribution in [-0.2, 0) is 4.79 Å². The summed E-state index contributed by atoms with van der Waals surface area (Å²) >= 11 is 0. The number of rotatable bonds is 6. The van der Waals surface area contributed by atoms with E-state index in [1.807, 2.05) is 85.0 Å². The van der Waals surface area contributed by atoms with Crippen molar-refractivity contribution in [1.29, 1.82) is 0 Å². The molecule has 10 nitrogen and oxygen atoms in total. The number of nitrogens with zero attached hydrogens (tertiary/aromatic N) is 7. The third-order valence-corrected chi connectivity index (χ3v) is 5.84. The molecule has 0 unspecified atom stereocenters. The van der Waals surface area contributed by atoms with Gasteiger partial charge in [-0.1, -0.05) is 5.92 Å². The second kappa shape index (κ2) is 10.5. The van der Waals surface area contributed by atoms with E-state index in [0.29, 0.717) is 29.4 Å². The van der Waals surface area contributed by atoms with Crippen molar-refractivity contribution < 1.29 is 9.53 Å². The number of fused-ring (bicyclic) bond motifs is 2. The van der Waals surface area contributed by atoms with Gasteiger partial charge in [0.2, 0.25) is 0 Å². The van der Waals surface area contributed by atoms with Crippen LogP contribution in [0.25, 0.3) is 16.6 Å². The highest BCUT2D eigenvalue weighted by atomic mass is 16.5. The Bertz CT molecular complexity index is 1700. The van der Waals surface area contributed by atoms with E-state index in [2.05, 4.69) is 37.3 Å². The Kier molecular flexibility index (Phi) is 6.84. The van der Waals surface area contributed by atoms with Crippen LogP contribution in [-0.4, -0.2) is 63.1 Å². The fraction of sp³-hybridized carbons (Fsp3) is 0.179. The van der Waals surface area contributed by atoms with Gasteiger partial charge >= 0.3 is 5.91 Å². The summed E-state index contributed by atoms with van der Waals surface area (Å²) in [6.45, 7) is 2.49. The molecule has 0 bridgehead atoms. The van der Waals surface area contributed by atoms with Crippen molar-refractivity contribution >= 4 is 39.6 Å². The molecular weight excluding hydrogens is 480 g/mol. The number of amides is 1. The predicted octanol–water partition coefficient (Wildman–Crippen LogP) is 4.04. The number of anilines is 3. The number of ether oxygens (including phenoxy) is 1. The van der Waals surface area contributed by atoms with Gasteiger partial charge in [-0.3, -0.25) is 14.1 Å². The van der Waals surface area contributed by atoms with Gasteiger partial charge in [0.25, 0.3) is 0 Å². The van der Waals surface area contributed by atoms with Gasteiger partial charge in [0.05, 0.1) is 12.1 Å². The minimum atomic E-state index is -0.285. The van der Waals surface area contributed by atoms with Crippen LogP contribution in [0.1, 0.15) is 5.56 Å². The Morgan fingerprint density at radius 2 is 1.95 bits per heavy atom. The Morgan fingerprint density at radius 1 is 1.08 bits per heavy atom. The first-order valence-electron chi connectivity index (χ1n) is 11.9. The van der Waals surface area contributed by atoms with Crippen LogP contribution in [0.5, 0.6) is 11.5 Å². The Hall–Kier alpha value is -5.01. The molecule has 3 heterocycles. The number of carbonyl (C=O) groups excluding carboxylic acids is 1. The van der Waals surface area contributed by atoms with Crippen LogP contribution in [0.15, 0.2) is 67.4 Å². The fourth-order valence-corrected chi connectivity index (χ4v) is 3.79. The monoisotopic (exact) mass is 506 g/mol. The summed E-state index contributed by atoms with van der Waals surface area (Å²) < 4.78 is 7.90. The van der Waals surface area contributed by atoms with Crippen molar-refractivity contribution in [3.8, 4) is 23.3 Å². The normalized spacial score (nSPS) is 10.9. The summed E-state index contributed by atoms with van der Waals surface area (Å²) in [7, 11) is 5.51. The van der Waals surface area contributed by atoms with Gasteiger partial charge < -0.3 is 15.0 Å². The van der Waals surface area contributed by atoms with Crippen LogP contribution in [0, 0.1) is 18.8 Å². The van der Waals surface area contributed by atoms with Gasteiger partial charge in [0.1, 0.15) is 30.0 Å². The van der Waals surface area contributed by atoms with Crippen LogP contribution in [0.2, 0.25) is 0 Å². The highest BCUT2D eigenvalue weighted by molar-refractivity contribution is 6.06. The molecule has 0 radical (unpaired) electrons. The molecule has 0 spiro atoms. The zero-order valence-corrected chi connectivity index (χ0v) is 21.5. The minimum absolute atomic E-state index is 0.285. The fourth-order valence-electron chi connectivity index (χ4n) is 3.79. The first-order valence-corrected chi connectivity index (χ1v) is 11.9. The van der Waals surface area contributed by atoms with Gasteiger partial charge in [0.15, 0.2) is 5.65 Å². The number of benzene rings is 2. The highest BCUT2D eigenvalue weighted by Crippen LogP contribution is 2.31. The lowest BCUT2D eigenvalue weighted by Gasteiger charge is -2.16. The molecule has 190 valence electrons. The number of hydrogen-bond donors (Lipinski definition) is 1. The summed E-state index contributed by atoms with van der Waals surface area (Å²) in [6.07, 6.45) is 5.00. The van der Waals surface area contributed by atoms with E-state index in [9.17, 15) is 4.79 Å². The third-order valence-electron chi connectivity index (χ3n) is 5.84. The second-order valence-corrected chi connectivity index (χ2v) is 8.99. The number of aromatic nitrogens is 5. The first-order chi connectivity index (χ1) is 18.4. The quantitative estimate of drug-likeness (QED) is 0.345. The molecule has 0 saturated heterocycles. The van der Waals surface area contributed by atoms with E-state index in [0.717, 1.165) is 27.9 Å². The van der Waals surface area contributed by atoms with Crippen molar-refractivity contribution in [1.82, 2.24) is 29.5 Å². The lowest BCUT2D eigenvalue weighted by atomic mass is 10.1.